The molecule has 26 heavy (non-hydrogen) atoms. The molecule has 6 heteroatoms. The Bertz CT molecular complexity index is 720. The molecule has 0 aliphatic carbocycles. The normalized spacial score (nSPS) is 18.1. The third kappa shape index (κ3) is 3.64. The van der Waals surface area contributed by atoms with Crippen molar-refractivity contribution in [3.05, 3.63) is 48.3 Å². The monoisotopic (exact) mass is 351 g/mol. The van der Waals surface area contributed by atoms with Crippen LogP contribution in [-0.4, -0.2) is 60.0 Å². The first-order valence-corrected chi connectivity index (χ1v) is 9.47. The van der Waals surface area contributed by atoms with Crippen LogP contribution in [0.25, 0.3) is 0 Å². The van der Waals surface area contributed by atoms with Gasteiger partial charge in [0.1, 0.15) is 11.6 Å². The SMILES string of the molecule is O=C(c1ccc(N2CCCCC2)nc1)N1CCN(c2ccccn2)CC1. The van der Waals surface area contributed by atoms with Gasteiger partial charge in [-0.3, -0.25) is 4.79 Å². The van der Waals surface area contributed by atoms with Crippen LogP contribution in [0.4, 0.5) is 11.6 Å². The van der Waals surface area contributed by atoms with Crippen molar-refractivity contribution in [2.75, 3.05) is 49.1 Å². The molecular weight excluding hydrogens is 326 g/mol. The molecule has 2 aliphatic heterocycles. The minimum absolute atomic E-state index is 0.0726. The van der Waals surface area contributed by atoms with Crippen LogP contribution < -0.4 is 9.80 Å². The van der Waals surface area contributed by atoms with Crippen molar-refractivity contribution in [2.24, 2.45) is 0 Å². The molecule has 0 N–H and O–H groups in total. The molecule has 2 saturated heterocycles. The summed E-state index contributed by atoms with van der Waals surface area (Å²) in [5.41, 5.74) is 0.678. The average Bonchev–Trinajstić information content (AvgIpc) is 2.75. The zero-order valence-corrected chi connectivity index (χ0v) is 15.0. The molecule has 0 radical (unpaired) electrons. The van der Waals surface area contributed by atoms with Gasteiger partial charge in [0.25, 0.3) is 5.91 Å². The number of hydrogen-bond acceptors (Lipinski definition) is 5. The third-order valence-corrected chi connectivity index (χ3v) is 5.22. The molecule has 4 rings (SSSR count). The first kappa shape index (κ1) is 16.8. The van der Waals surface area contributed by atoms with Crippen LogP contribution in [0.15, 0.2) is 42.7 Å². The number of piperidine rings is 1. The van der Waals surface area contributed by atoms with E-state index in [9.17, 15) is 4.79 Å². The zero-order valence-electron chi connectivity index (χ0n) is 15.0. The lowest BCUT2D eigenvalue weighted by molar-refractivity contribution is 0.0746. The van der Waals surface area contributed by atoms with Gasteiger partial charge in [0.05, 0.1) is 5.56 Å². The minimum atomic E-state index is 0.0726. The molecule has 0 atom stereocenters. The van der Waals surface area contributed by atoms with Gasteiger partial charge in [-0.2, -0.15) is 0 Å². The number of anilines is 2. The summed E-state index contributed by atoms with van der Waals surface area (Å²) >= 11 is 0. The summed E-state index contributed by atoms with van der Waals surface area (Å²) in [6, 6.07) is 9.84. The lowest BCUT2D eigenvalue weighted by Gasteiger charge is -2.35. The van der Waals surface area contributed by atoms with Gasteiger partial charge in [0, 0.05) is 51.7 Å². The van der Waals surface area contributed by atoms with Gasteiger partial charge >= 0.3 is 0 Å². The lowest BCUT2D eigenvalue weighted by atomic mass is 10.1. The molecule has 1 amide bonds. The van der Waals surface area contributed by atoms with E-state index in [4.69, 9.17) is 0 Å². The van der Waals surface area contributed by atoms with Crippen LogP contribution in [0.3, 0.4) is 0 Å². The van der Waals surface area contributed by atoms with E-state index in [-0.39, 0.29) is 5.91 Å². The van der Waals surface area contributed by atoms with E-state index in [0.29, 0.717) is 18.7 Å². The summed E-state index contributed by atoms with van der Waals surface area (Å²) in [4.78, 5) is 28.1. The maximum absolute atomic E-state index is 12.8. The summed E-state index contributed by atoms with van der Waals surface area (Å²) in [6.45, 7) is 5.17. The molecule has 0 unspecified atom stereocenters. The topological polar surface area (TPSA) is 52.6 Å². The molecule has 2 aliphatic rings. The highest BCUT2D eigenvalue weighted by Gasteiger charge is 2.23. The maximum Gasteiger partial charge on any atom is 0.255 e. The number of carbonyl (C=O) groups is 1. The Morgan fingerprint density at radius 2 is 1.50 bits per heavy atom. The van der Waals surface area contributed by atoms with E-state index in [1.54, 1.807) is 6.20 Å². The molecule has 2 aromatic rings. The van der Waals surface area contributed by atoms with Crippen molar-refractivity contribution in [1.82, 2.24) is 14.9 Å². The van der Waals surface area contributed by atoms with Gasteiger partial charge in [-0.15, -0.1) is 0 Å². The summed E-state index contributed by atoms with van der Waals surface area (Å²) in [5.74, 6) is 2.04. The fourth-order valence-corrected chi connectivity index (χ4v) is 3.68. The number of rotatable bonds is 3. The molecule has 0 aromatic carbocycles. The summed E-state index contributed by atoms with van der Waals surface area (Å²) in [6.07, 6.45) is 7.29. The van der Waals surface area contributed by atoms with Gasteiger partial charge in [0.15, 0.2) is 0 Å². The number of pyridine rings is 2. The van der Waals surface area contributed by atoms with Crippen LogP contribution >= 0.6 is 0 Å². The molecule has 0 bridgehead atoms. The van der Waals surface area contributed by atoms with Crippen LogP contribution in [-0.2, 0) is 0 Å². The lowest BCUT2D eigenvalue weighted by Crippen LogP contribution is -2.49. The Labute approximate surface area is 154 Å². The third-order valence-electron chi connectivity index (χ3n) is 5.22. The van der Waals surface area contributed by atoms with Gasteiger partial charge in [0.2, 0.25) is 0 Å². The molecule has 4 heterocycles. The number of hydrogen-bond donors (Lipinski definition) is 0. The molecule has 0 saturated carbocycles. The van der Waals surface area contributed by atoms with Crippen LogP contribution in [0.5, 0.6) is 0 Å². The van der Waals surface area contributed by atoms with Crippen LogP contribution in [0, 0.1) is 0 Å². The fourth-order valence-electron chi connectivity index (χ4n) is 3.68. The first-order valence-electron chi connectivity index (χ1n) is 9.47. The Morgan fingerprint density at radius 3 is 2.15 bits per heavy atom. The van der Waals surface area contributed by atoms with E-state index in [0.717, 1.165) is 37.8 Å². The zero-order chi connectivity index (χ0) is 17.8. The second-order valence-corrected chi connectivity index (χ2v) is 6.92. The molecule has 6 nitrogen and oxygen atoms in total. The Hall–Kier alpha value is -2.63. The van der Waals surface area contributed by atoms with Gasteiger partial charge in [-0.1, -0.05) is 6.07 Å². The predicted molar refractivity (Wildman–Crippen MR) is 103 cm³/mol. The van der Waals surface area contributed by atoms with Crippen molar-refractivity contribution in [3.63, 3.8) is 0 Å². The van der Waals surface area contributed by atoms with Gasteiger partial charge < -0.3 is 14.7 Å². The number of nitrogens with zero attached hydrogens (tertiary/aromatic N) is 5. The molecular formula is C20H25N5O. The summed E-state index contributed by atoms with van der Waals surface area (Å²) < 4.78 is 0. The van der Waals surface area contributed by atoms with Crippen molar-refractivity contribution in [1.29, 1.82) is 0 Å². The summed E-state index contributed by atoms with van der Waals surface area (Å²) in [5, 5.41) is 0. The second-order valence-electron chi connectivity index (χ2n) is 6.92. The smallest absolute Gasteiger partial charge is 0.255 e. The van der Waals surface area contributed by atoms with E-state index in [2.05, 4.69) is 19.8 Å². The average molecular weight is 351 g/mol. The molecule has 136 valence electrons. The number of piperazine rings is 1. The quantitative estimate of drug-likeness (QED) is 0.850. The second kappa shape index (κ2) is 7.72. The van der Waals surface area contributed by atoms with Gasteiger partial charge in [-0.05, 0) is 43.5 Å². The van der Waals surface area contributed by atoms with Crippen molar-refractivity contribution in [3.8, 4) is 0 Å². The number of aromatic nitrogens is 2. The highest BCUT2D eigenvalue weighted by molar-refractivity contribution is 5.94. The van der Waals surface area contributed by atoms with E-state index >= 15 is 0 Å². The fraction of sp³-hybridized carbons (Fsp3) is 0.450. The Morgan fingerprint density at radius 1 is 0.769 bits per heavy atom. The van der Waals surface area contributed by atoms with Gasteiger partial charge in [-0.25, -0.2) is 9.97 Å². The molecule has 2 fully saturated rings. The first-order chi connectivity index (χ1) is 12.8. The maximum atomic E-state index is 12.8. The van der Waals surface area contributed by atoms with Crippen molar-refractivity contribution < 1.29 is 4.79 Å². The Balaban J connectivity index is 1.36. The molecule has 0 spiro atoms. The minimum Gasteiger partial charge on any atom is -0.357 e. The highest BCUT2D eigenvalue weighted by atomic mass is 16.2. The van der Waals surface area contributed by atoms with E-state index in [1.807, 2.05) is 41.4 Å². The largest absolute Gasteiger partial charge is 0.357 e. The van der Waals surface area contributed by atoms with E-state index in [1.165, 1.54) is 19.3 Å². The standard InChI is InChI=1S/C20H25N5O/c26-20(17-7-8-19(22-16-17)23-10-4-1-5-11-23)25-14-12-24(13-15-25)18-6-2-3-9-21-18/h2-3,6-9,16H,1,4-5,10-15H2. The van der Waals surface area contributed by atoms with E-state index < -0.39 is 0 Å². The van der Waals surface area contributed by atoms with Crippen molar-refractivity contribution in [2.45, 2.75) is 19.3 Å². The summed E-state index contributed by atoms with van der Waals surface area (Å²) in [7, 11) is 0. The Kier molecular flexibility index (Phi) is 5.00. The number of carbonyl (C=O) groups excluding carboxylic acids is 1. The molecule has 2 aromatic heterocycles. The van der Waals surface area contributed by atoms with Crippen LogP contribution in [0.1, 0.15) is 29.6 Å². The highest BCUT2D eigenvalue weighted by Crippen LogP contribution is 2.19. The number of amides is 1. The van der Waals surface area contributed by atoms with Crippen molar-refractivity contribution >= 4 is 17.5 Å². The predicted octanol–water partition coefficient (Wildman–Crippen LogP) is 2.43. The van der Waals surface area contributed by atoms with Crippen LogP contribution in [0.2, 0.25) is 0 Å².